The molecule has 0 aromatic rings. The molecule has 3 unspecified atom stereocenters. The largest absolute Gasteiger partial charge is 0.368 e. The van der Waals surface area contributed by atoms with Gasteiger partial charge in [0, 0.05) is 58.5 Å². The van der Waals surface area contributed by atoms with Gasteiger partial charge in [0.15, 0.2) is 6.04 Å². The van der Waals surface area contributed by atoms with Gasteiger partial charge in [-0.25, -0.2) is 0 Å². The predicted octanol–water partition coefficient (Wildman–Crippen LogP) is -3.20. The van der Waals surface area contributed by atoms with E-state index in [1.54, 1.807) is 0 Å². The summed E-state index contributed by atoms with van der Waals surface area (Å²) >= 11 is 0. The van der Waals surface area contributed by atoms with Crippen LogP contribution in [0.25, 0.3) is 0 Å². The van der Waals surface area contributed by atoms with Crippen molar-refractivity contribution in [3.8, 4) is 0 Å². The fourth-order valence-electron chi connectivity index (χ4n) is 6.64. The Hall–Kier alpha value is -1.75. The van der Waals surface area contributed by atoms with E-state index in [-0.39, 0.29) is 42.0 Å². The highest BCUT2D eigenvalue weighted by Crippen LogP contribution is 2.15. The van der Waals surface area contributed by atoms with Gasteiger partial charge in [-0.05, 0) is 25.7 Å². The standard InChI is InChI=1S/C24H40N6O4/c31-22(29-11-9-28(10-12-29)21-5-1-2-8-25-21)7-6-18-15-26-23(32)19-14-17(16-30(18)19)27-24(33)20-4-3-13-34-20/h17-21,25H,1-16H2,(H,26,32)(H,27,33)/p+2/t17-,18+,19-,20?,21?/m0/s1. The molecular formula is C24H42N6O4+2. The highest BCUT2D eigenvalue weighted by atomic mass is 16.5. The monoisotopic (exact) mass is 478 g/mol. The van der Waals surface area contributed by atoms with Crippen molar-refractivity contribution >= 4 is 17.7 Å². The molecule has 5 heterocycles. The van der Waals surface area contributed by atoms with Crippen molar-refractivity contribution < 1.29 is 29.3 Å². The summed E-state index contributed by atoms with van der Waals surface area (Å²) in [5.41, 5.74) is 0. The van der Waals surface area contributed by atoms with Crippen molar-refractivity contribution in [3.63, 3.8) is 0 Å². The first-order chi connectivity index (χ1) is 16.6. The van der Waals surface area contributed by atoms with Gasteiger partial charge in [0.2, 0.25) is 11.8 Å². The molecule has 3 amide bonds. The van der Waals surface area contributed by atoms with Crippen LogP contribution in [0.2, 0.25) is 0 Å². The van der Waals surface area contributed by atoms with E-state index in [1.807, 2.05) is 4.90 Å². The van der Waals surface area contributed by atoms with Crippen LogP contribution in [0.4, 0.5) is 0 Å². The minimum Gasteiger partial charge on any atom is -0.368 e. The Kier molecular flexibility index (Phi) is 7.67. The summed E-state index contributed by atoms with van der Waals surface area (Å²) in [4.78, 5) is 43.8. The van der Waals surface area contributed by atoms with Crippen molar-refractivity contribution in [1.29, 1.82) is 0 Å². The second kappa shape index (κ2) is 10.9. The minimum atomic E-state index is -0.341. The molecule has 10 heteroatoms. The van der Waals surface area contributed by atoms with Crippen LogP contribution in [-0.2, 0) is 19.1 Å². The van der Waals surface area contributed by atoms with Crippen LogP contribution in [0, 0.1) is 0 Å². The lowest BCUT2D eigenvalue weighted by Gasteiger charge is -2.39. The zero-order valence-corrected chi connectivity index (χ0v) is 20.3. The summed E-state index contributed by atoms with van der Waals surface area (Å²) in [6, 6.07) is 0.0665. The molecule has 5 fully saturated rings. The number of ether oxygens (including phenoxy) is 1. The third-order valence-corrected chi connectivity index (χ3v) is 8.62. The van der Waals surface area contributed by atoms with Crippen LogP contribution < -0.4 is 20.9 Å². The van der Waals surface area contributed by atoms with Gasteiger partial charge in [-0.2, -0.15) is 0 Å². The number of piperazine rings is 2. The minimum absolute atomic E-state index is 0.0107. The van der Waals surface area contributed by atoms with E-state index in [2.05, 4.69) is 20.9 Å². The van der Waals surface area contributed by atoms with Gasteiger partial charge < -0.3 is 30.5 Å². The SMILES string of the molecule is O=C(N[C@H]1C[C@H]2C(=O)NC[C@@H](CCC(=O)N3CCN(C4CCCC[NH2+]4)CC3)[NH+]2C1)C1CCCO1. The maximum Gasteiger partial charge on any atom is 0.278 e. The summed E-state index contributed by atoms with van der Waals surface area (Å²) in [5, 5.41) is 8.63. The lowest BCUT2D eigenvalue weighted by Crippen LogP contribution is -3.21. The first-order valence-electron chi connectivity index (χ1n) is 13.5. The Labute approximate surface area is 202 Å². The number of nitrogens with one attached hydrogen (secondary N) is 3. The first-order valence-corrected chi connectivity index (χ1v) is 13.5. The number of carbonyl (C=O) groups excluding carboxylic acids is 3. The molecule has 0 saturated carbocycles. The van der Waals surface area contributed by atoms with E-state index in [0.717, 1.165) is 52.0 Å². The van der Waals surface area contributed by atoms with E-state index < -0.39 is 0 Å². The third kappa shape index (κ3) is 5.40. The number of quaternary nitrogens is 2. The van der Waals surface area contributed by atoms with Crippen molar-refractivity contribution in [2.45, 2.75) is 81.8 Å². The molecule has 5 rings (SSSR count). The average Bonchev–Trinajstić information content (AvgIpc) is 3.55. The quantitative estimate of drug-likeness (QED) is 0.321. The van der Waals surface area contributed by atoms with Crippen molar-refractivity contribution in [1.82, 2.24) is 20.4 Å². The van der Waals surface area contributed by atoms with E-state index in [0.29, 0.717) is 32.2 Å². The number of fused-ring (bicyclic) bond motifs is 1. The predicted molar refractivity (Wildman–Crippen MR) is 124 cm³/mol. The Morgan fingerprint density at radius 2 is 2.00 bits per heavy atom. The number of carbonyl (C=O) groups is 3. The molecule has 5 aliphatic rings. The molecule has 190 valence electrons. The Morgan fingerprint density at radius 1 is 1.15 bits per heavy atom. The second-order valence-corrected chi connectivity index (χ2v) is 10.8. The molecule has 0 aromatic heterocycles. The smallest absolute Gasteiger partial charge is 0.278 e. The number of rotatable bonds is 6. The summed E-state index contributed by atoms with van der Waals surface area (Å²) in [7, 11) is 0. The normalized spacial score (nSPS) is 36.7. The first kappa shape index (κ1) is 24.0. The maximum absolute atomic E-state index is 13.0. The van der Waals surface area contributed by atoms with Crippen LogP contribution >= 0.6 is 0 Å². The fourth-order valence-corrected chi connectivity index (χ4v) is 6.64. The molecule has 5 aliphatic heterocycles. The summed E-state index contributed by atoms with van der Waals surface area (Å²) in [6.07, 6.45) is 7.81. The lowest BCUT2D eigenvalue weighted by atomic mass is 10.0. The topological polar surface area (TPSA) is 112 Å². The van der Waals surface area contributed by atoms with E-state index >= 15 is 0 Å². The zero-order valence-electron chi connectivity index (χ0n) is 20.3. The van der Waals surface area contributed by atoms with E-state index in [4.69, 9.17) is 4.74 Å². The highest BCUT2D eigenvalue weighted by Gasteiger charge is 2.48. The molecule has 0 spiro atoms. The summed E-state index contributed by atoms with van der Waals surface area (Å²) < 4.78 is 5.50. The fraction of sp³-hybridized carbons (Fsp3) is 0.875. The number of nitrogens with zero attached hydrogens (tertiary/aromatic N) is 2. The van der Waals surface area contributed by atoms with Crippen molar-refractivity contribution in [2.24, 2.45) is 0 Å². The number of hydrogen-bond acceptors (Lipinski definition) is 5. The maximum atomic E-state index is 13.0. The van der Waals surface area contributed by atoms with Crippen LogP contribution in [0.3, 0.4) is 0 Å². The molecule has 6 atom stereocenters. The van der Waals surface area contributed by atoms with E-state index in [9.17, 15) is 14.4 Å². The molecule has 5 N–H and O–H groups in total. The Morgan fingerprint density at radius 3 is 2.74 bits per heavy atom. The number of hydrogen-bond donors (Lipinski definition) is 4. The summed E-state index contributed by atoms with van der Waals surface area (Å²) in [6.45, 7) is 6.80. The molecule has 34 heavy (non-hydrogen) atoms. The van der Waals surface area contributed by atoms with Gasteiger partial charge >= 0.3 is 0 Å². The van der Waals surface area contributed by atoms with Crippen LogP contribution in [0.1, 0.15) is 51.4 Å². The Bertz CT molecular complexity index is 746. The lowest BCUT2D eigenvalue weighted by molar-refractivity contribution is -0.930. The molecule has 0 radical (unpaired) electrons. The van der Waals surface area contributed by atoms with Gasteiger partial charge in [0.25, 0.3) is 5.91 Å². The number of amides is 3. The summed E-state index contributed by atoms with van der Waals surface area (Å²) in [5.74, 6) is 0.267. The zero-order chi connectivity index (χ0) is 23.5. The molecular weight excluding hydrogens is 436 g/mol. The van der Waals surface area contributed by atoms with Crippen LogP contribution in [-0.4, -0.2) is 110 Å². The van der Waals surface area contributed by atoms with Gasteiger partial charge in [-0.15, -0.1) is 0 Å². The van der Waals surface area contributed by atoms with Gasteiger partial charge in [-0.3, -0.25) is 19.3 Å². The van der Waals surface area contributed by atoms with Crippen molar-refractivity contribution in [2.75, 3.05) is 52.4 Å². The van der Waals surface area contributed by atoms with Gasteiger partial charge in [-0.1, -0.05) is 0 Å². The number of piperidine rings is 1. The molecule has 0 aliphatic carbocycles. The van der Waals surface area contributed by atoms with E-state index in [1.165, 1.54) is 30.7 Å². The highest BCUT2D eigenvalue weighted by molar-refractivity contribution is 5.83. The molecule has 5 saturated heterocycles. The second-order valence-electron chi connectivity index (χ2n) is 10.8. The van der Waals surface area contributed by atoms with Gasteiger partial charge in [0.1, 0.15) is 18.3 Å². The molecule has 0 bridgehead atoms. The number of nitrogens with two attached hydrogens (primary N) is 1. The molecule has 0 aromatic carbocycles. The van der Waals surface area contributed by atoms with Crippen molar-refractivity contribution in [3.05, 3.63) is 0 Å². The average molecular weight is 479 g/mol. The third-order valence-electron chi connectivity index (χ3n) is 8.62. The Balaban J connectivity index is 1.08. The van der Waals surface area contributed by atoms with Crippen LogP contribution in [0.15, 0.2) is 0 Å². The molecule has 10 nitrogen and oxygen atoms in total. The van der Waals surface area contributed by atoms with Gasteiger partial charge in [0.05, 0.1) is 25.7 Å². The van der Waals surface area contributed by atoms with Crippen LogP contribution in [0.5, 0.6) is 0 Å².